The van der Waals surface area contributed by atoms with Crippen LogP contribution in [0.3, 0.4) is 0 Å². The molecule has 0 aromatic heterocycles. The molecule has 0 radical (unpaired) electrons. The van der Waals surface area contributed by atoms with Crippen LogP contribution in [-0.2, 0) is 6.61 Å². The second-order valence-corrected chi connectivity index (χ2v) is 3.66. The Hall–Kier alpha value is -1.35. The highest BCUT2D eigenvalue weighted by atomic mass is 35.5. The van der Waals surface area contributed by atoms with Gasteiger partial charge in [-0.25, -0.2) is 0 Å². The summed E-state index contributed by atoms with van der Waals surface area (Å²) in [4.78, 5) is 0. The molecule has 0 atom stereocenters. The van der Waals surface area contributed by atoms with Crippen molar-refractivity contribution in [1.29, 1.82) is 0 Å². The number of aliphatic hydroxyl groups excluding tert-OH is 2. The van der Waals surface area contributed by atoms with Gasteiger partial charge in [-0.2, -0.15) is 0 Å². The van der Waals surface area contributed by atoms with E-state index in [1.807, 2.05) is 44.2 Å². The number of halogens is 1. The molecular weight excluding hydrogens is 260 g/mol. The molecule has 0 aliphatic heterocycles. The first-order valence-corrected chi connectivity index (χ1v) is 6.45. The molecule has 0 fully saturated rings. The van der Waals surface area contributed by atoms with Gasteiger partial charge in [0, 0.05) is 5.03 Å². The molecule has 2 nitrogen and oxygen atoms in total. The van der Waals surface area contributed by atoms with Crippen molar-refractivity contribution in [3.05, 3.63) is 71.8 Å². The Morgan fingerprint density at radius 2 is 1.74 bits per heavy atom. The fraction of sp³-hybridized carbons (Fsp3) is 0.250. The summed E-state index contributed by atoms with van der Waals surface area (Å²) >= 11 is 5.40. The van der Waals surface area contributed by atoms with Gasteiger partial charge < -0.3 is 10.2 Å². The number of allylic oxidation sites excluding steroid dienone is 2. The normalized spacial score (nSPS) is 9.42. The molecule has 0 amide bonds. The van der Waals surface area contributed by atoms with Crippen LogP contribution in [0.15, 0.2) is 66.2 Å². The second-order valence-electron chi connectivity index (χ2n) is 3.17. The average molecular weight is 283 g/mol. The zero-order chi connectivity index (χ0) is 15.1. The van der Waals surface area contributed by atoms with E-state index in [1.54, 1.807) is 6.08 Å². The predicted octanol–water partition coefficient (Wildman–Crippen LogP) is 4.05. The topological polar surface area (TPSA) is 40.5 Å². The zero-order valence-corrected chi connectivity index (χ0v) is 12.4. The Kier molecular flexibility index (Phi) is 15.5. The second kappa shape index (κ2) is 14.7. The highest BCUT2D eigenvalue weighted by Gasteiger charge is 1.86. The van der Waals surface area contributed by atoms with E-state index in [0.717, 1.165) is 5.56 Å². The third kappa shape index (κ3) is 12.9. The average Bonchev–Trinajstić information content (AvgIpc) is 2.48. The molecule has 0 spiro atoms. The van der Waals surface area contributed by atoms with Crippen molar-refractivity contribution in [2.24, 2.45) is 0 Å². The fourth-order valence-corrected chi connectivity index (χ4v) is 1.09. The molecule has 1 aromatic carbocycles. The maximum atomic E-state index is 8.54. The Labute approximate surface area is 121 Å². The van der Waals surface area contributed by atoms with Crippen LogP contribution in [0.5, 0.6) is 0 Å². The van der Waals surface area contributed by atoms with Gasteiger partial charge in [0.1, 0.15) is 0 Å². The van der Waals surface area contributed by atoms with E-state index >= 15 is 0 Å². The Morgan fingerprint density at radius 3 is 1.95 bits per heavy atom. The van der Waals surface area contributed by atoms with Crippen LogP contribution in [0.1, 0.15) is 19.4 Å². The highest BCUT2D eigenvalue weighted by molar-refractivity contribution is 6.30. The van der Waals surface area contributed by atoms with Gasteiger partial charge in [0.05, 0.1) is 13.2 Å². The van der Waals surface area contributed by atoms with E-state index in [4.69, 9.17) is 21.8 Å². The first kappa shape index (κ1) is 20.0. The Bertz CT molecular complexity index is 370. The van der Waals surface area contributed by atoms with Crippen LogP contribution < -0.4 is 0 Å². The van der Waals surface area contributed by atoms with Crippen molar-refractivity contribution in [3.63, 3.8) is 0 Å². The first-order valence-electron chi connectivity index (χ1n) is 6.07. The van der Waals surface area contributed by atoms with E-state index in [-0.39, 0.29) is 13.2 Å². The molecule has 0 saturated carbocycles. The number of hydrogen-bond acceptors (Lipinski definition) is 2. The Morgan fingerprint density at radius 1 is 1.21 bits per heavy atom. The lowest BCUT2D eigenvalue weighted by Gasteiger charge is -1.91. The minimum atomic E-state index is -0.0464. The van der Waals surface area contributed by atoms with E-state index in [0.29, 0.717) is 10.6 Å². The van der Waals surface area contributed by atoms with Crippen LogP contribution in [0, 0.1) is 0 Å². The van der Waals surface area contributed by atoms with Gasteiger partial charge in [0.2, 0.25) is 0 Å². The molecule has 1 aromatic rings. The minimum Gasteiger partial charge on any atom is -0.392 e. The predicted molar refractivity (Wildman–Crippen MR) is 84.1 cm³/mol. The number of hydrogen-bond donors (Lipinski definition) is 2. The first-order chi connectivity index (χ1) is 9.13. The summed E-state index contributed by atoms with van der Waals surface area (Å²) in [6, 6.07) is 9.52. The van der Waals surface area contributed by atoms with Gasteiger partial charge in [-0.05, 0) is 17.2 Å². The standard InChI is InChI=1S/C7H9ClO.C7H8O.C2H6/c1-3-7(5-9)4-6(2)8;8-6-7-4-2-1-3-5-7;1-2/h3-4,9H,1-2,5H2;1-5,8H,6H2;1-2H3/b7-4+;;. The summed E-state index contributed by atoms with van der Waals surface area (Å²) < 4.78 is 0. The van der Waals surface area contributed by atoms with Crippen molar-refractivity contribution in [2.75, 3.05) is 6.61 Å². The van der Waals surface area contributed by atoms with Crippen LogP contribution in [-0.4, -0.2) is 16.8 Å². The smallest absolute Gasteiger partial charge is 0.0682 e. The van der Waals surface area contributed by atoms with E-state index < -0.39 is 0 Å². The molecule has 0 saturated heterocycles. The lowest BCUT2D eigenvalue weighted by Crippen LogP contribution is -1.83. The van der Waals surface area contributed by atoms with Crippen LogP contribution in [0.4, 0.5) is 0 Å². The number of rotatable bonds is 4. The molecular formula is C16H23ClO2. The van der Waals surface area contributed by atoms with Crippen molar-refractivity contribution in [1.82, 2.24) is 0 Å². The monoisotopic (exact) mass is 282 g/mol. The zero-order valence-electron chi connectivity index (χ0n) is 11.6. The van der Waals surface area contributed by atoms with Gasteiger partial charge in [-0.15, -0.1) is 0 Å². The van der Waals surface area contributed by atoms with Gasteiger partial charge in [0.25, 0.3) is 0 Å². The summed E-state index contributed by atoms with van der Waals surface area (Å²) in [5.74, 6) is 0. The highest BCUT2D eigenvalue weighted by Crippen LogP contribution is 2.04. The van der Waals surface area contributed by atoms with Gasteiger partial charge in [0.15, 0.2) is 0 Å². The van der Waals surface area contributed by atoms with E-state index in [1.165, 1.54) is 6.08 Å². The van der Waals surface area contributed by atoms with Gasteiger partial charge in [-0.3, -0.25) is 0 Å². The molecule has 0 bridgehead atoms. The van der Waals surface area contributed by atoms with Crippen LogP contribution in [0.2, 0.25) is 0 Å². The molecule has 1 rings (SSSR count). The summed E-state index contributed by atoms with van der Waals surface area (Å²) in [6.45, 7) is 11.0. The summed E-state index contributed by atoms with van der Waals surface area (Å²) in [6.07, 6.45) is 3.10. The third-order valence-electron chi connectivity index (χ3n) is 1.81. The molecule has 2 N–H and O–H groups in total. The molecule has 106 valence electrons. The van der Waals surface area contributed by atoms with Gasteiger partial charge >= 0.3 is 0 Å². The molecule has 0 heterocycles. The third-order valence-corrected chi connectivity index (χ3v) is 1.92. The number of aliphatic hydroxyl groups is 2. The minimum absolute atomic E-state index is 0.0464. The summed E-state index contributed by atoms with van der Waals surface area (Å²) in [5, 5.41) is 17.5. The summed E-state index contributed by atoms with van der Waals surface area (Å²) in [5.41, 5.74) is 1.64. The lowest BCUT2D eigenvalue weighted by atomic mass is 10.2. The maximum Gasteiger partial charge on any atom is 0.0682 e. The fourth-order valence-electron chi connectivity index (χ4n) is 0.954. The van der Waals surface area contributed by atoms with Gasteiger partial charge in [-0.1, -0.05) is 75.0 Å². The lowest BCUT2D eigenvalue weighted by molar-refractivity contribution is 0.282. The molecule has 0 aliphatic carbocycles. The quantitative estimate of drug-likeness (QED) is 0.818. The SMILES string of the molecule is C=C/C(=C\C(=C)Cl)CO.CC.OCc1ccccc1. The van der Waals surface area contributed by atoms with E-state index in [2.05, 4.69) is 13.2 Å². The van der Waals surface area contributed by atoms with E-state index in [9.17, 15) is 0 Å². The van der Waals surface area contributed by atoms with Crippen molar-refractivity contribution in [2.45, 2.75) is 20.5 Å². The maximum absolute atomic E-state index is 8.54. The molecule has 19 heavy (non-hydrogen) atoms. The molecule has 0 aliphatic rings. The molecule has 3 heteroatoms. The summed E-state index contributed by atoms with van der Waals surface area (Å²) in [7, 11) is 0. The van der Waals surface area contributed by atoms with Crippen molar-refractivity contribution in [3.8, 4) is 0 Å². The molecule has 0 unspecified atom stereocenters. The van der Waals surface area contributed by atoms with Crippen molar-refractivity contribution < 1.29 is 10.2 Å². The largest absolute Gasteiger partial charge is 0.392 e. The Balaban J connectivity index is 0. The number of benzene rings is 1. The van der Waals surface area contributed by atoms with Crippen LogP contribution in [0.25, 0.3) is 0 Å². The van der Waals surface area contributed by atoms with Crippen molar-refractivity contribution >= 4 is 11.6 Å². The van der Waals surface area contributed by atoms with Crippen LogP contribution >= 0.6 is 11.6 Å².